The summed E-state index contributed by atoms with van der Waals surface area (Å²) in [7, 11) is 0. The van der Waals surface area contributed by atoms with Gasteiger partial charge < -0.3 is 4.98 Å². The van der Waals surface area contributed by atoms with Crippen LogP contribution in [0.25, 0.3) is 22.3 Å². The van der Waals surface area contributed by atoms with Gasteiger partial charge in [-0.3, -0.25) is 4.90 Å². The molecule has 2 aromatic heterocycles. The third kappa shape index (κ3) is 2.95. The largest absolute Gasteiger partial charge is 0.339 e. The van der Waals surface area contributed by atoms with E-state index < -0.39 is 0 Å². The Labute approximate surface area is 124 Å². The van der Waals surface area contributed by atoms with Crippen LogP contribution in [0.1, 0.15) is 19.4 Å². The molecular formula is C17H20N4. The van der Waals surface area contributed by atoms with Gasteiger partial charge in [0.05, 0.1) is 0 Å². The summed E-state index contributed by atoms with van der Waals surface area (Å²) < 4.78 is 0. The highest BCUT2D eigenvalue weighted by Gasteiger charge is 2.05. The van der Waals surface area contributed by atoms with Crippen LogP contribution in [0.4, 0.5) is 0 Å². The Hall–Kier alpha value is -2.20. The summed E-state index contributed by atoms with van der Waals surface area (Å²) in [6.07, 6.45) is 3.40. The minimum absolute atomic E-state index is 0.882. The number of hydrogen-bond acceptors (Lipinski definition) is 3. The van der Waals surface area contributed by atoms with Gasteiger partial charge in [0.2, 0.25) is 0 Å². The van der Waals surface area contributed by atoms with Crippen molar-refractivity contribution in [2.45, 2.75) is 20.4 Å². The first kappa shape index (κ1) is 13.8. The molecule has 1 N–H and O–H groups in total. The van der Waals surface area contributed by atoms with E-state index in [9.17, 15) is 0 Å². The van der Waals surface area contributed by atoms with Gasteiger partial charge in [-0.15, -0.1) is 0 Å². The van der Waals surface area contributed by atoms with Crippen LogP contribution in [0.5, 0.6) is 0 Å². The summed E-state index contributed by atoms with van der Waals surface area (Å²) >= 11 is 0. The molecule has 0 spiro atoms. The van der Waals surface area contributed by atoms with Gasteiger partial charge in [0, 0.05) is 23.8 Å². The van der Waals surface area contributed by atoms with Crippen molar-refractivity contribution in [2.24, 2.45) is 0 Å². The van der Waals surface area contributed by atoms with Crippen molar-refractivity contribution in [2.75, 3.05) is 13.1 Å². The summed E-state index contributed by atoms with van der Waals surface area (Å²) in [6.45, 7) is 7.57. The Morgan fingerprint density at radius 2 is 1.86 bits per heavy atom. The second kappa shape index (κ2) is 6.06. The van der Waals surface area contributed by atoms with Crippen LogP contribution in [0, 0.1) is 0 Å². The lowest BCUT2D eigenvalue weighted by molar-refractivity contribution is 0.296. The number of aromatic nitrogens is 3. The molecule has 4 nitrogen and oxygen atoms in total. The Balaban J connectivity index is 1.83. The third-order valence-corrected chi connectivity index (χ3v) is 3.86. The van der Waals surface area contributed by atoms with E-state index in [2.05, 4.69) is 64.0 Å². The van der Waals surface area contributed by atoms with E-state index in [0.29, 0.717) is 0 Å². The molecule has 108 valence electrons. The van der Waals surface area contributed by atoms with Crippen molar-refractivity contribution in [1.29, 1.82) is 0 Å². The van der Waals surface area contributed by atoms with E-state index in [1.807, 2.05) is 6.20 Å². The van der Waals surface area contributed by atoms with E-state index in [-0.39, 0.29) is 0 Å². The summed E-state index contributed by atoms with van der Waals surface area (Å²) in [5, 5.41) is 1.04. The van der Waals surface area contributed by atoms with Crippen molar-refractivity contribution in [3.05, 3.63) is 48.4 Å². The first-order chi connectivity index (χ1) is 10.3. The zero-order chi connectivity index (χ0) is 14.7. The molecule has 0 unspecified atom stereocenters. The zero-order valence-electron chi connectivity index (χ0n) is 12.5. The van der Waals surface area contributed by atoms with Crippen LogP contribution >= 0.6 is 0 Å². The molecule has 0 bridgehead atoms. The smallest absolute Gasteiger partial charge is 0.141 e. The van der Waals surface area contributed by atoms with Crippen LogP contribution in [0.15, 0.2) is 42.9 Å². The molecule has 0 saturated heterocycles. The normalized spacial score (nSPS) is 11.4. The summed E-state index contributed by atoms with van der Waals surface area (Å²) in [5.74, 6) is 0. The van der Waals surface area contributed by atoms with Crippen LogP contribution in [-0.4, -0.2) is 32.9 Å². The van der Waals surface area contributed by atoms with E-state index in [1.54, 1.807) is 6.33 Å². The highest BCUT2D eigenvalue weighted by atomic mass is 15.1. The van der Waals surface area contributed by atoms with Crippen LogP contribution in [0.3, 0.4) is 0 Å². The van der Waals surface area contributed by atoms with E-state index in [0.717, 1.165) is 36.4 Å². The van der Waals surface area contributed by atoms with Gasteiger partial charge in [0.1, 0.15) is 12.0 Å². The molecule has 0 amide bonds. The molecule has 3 aromatic rings. The van der Waals surface area contributed by atoms with Gasteiger partial charge in [-0.05, 0) is 30.3 Å². The summed E-state index contributed by atoms with van der Waals surface area (Å²) in [5.41, 5.74) is 4.49. The molecular weight excluding hydrogens is 260 g/mol. The maximum atomic E-state index is 4.23. The first-order valence-corrected chi connectivity index (χ1v) is 7.40. The zero-order valence-corrected chi connectivity index (χ0v) is 12.5. The molecule has 0 radical (unpaired) electrons. The van der Waals surface area contributed by atoms with E-state index in [1.165, 1.54) is 11.1 Å². The fourth-order valence-electron chi connectivity index (χ4n) is 2.52. The molecule has 0 atom stereocenters. The van der Waals surface area contributed by atoms with Gasteiger partial charge in [-0.1, -0.05) is 38.1 Å². The fourth-order valence-corrected chi connectivity index (χ4v) is 2.52. The van der Waals surface area contributed by atoms with Crippen molar-refractivity contribution in [3.8, 4) is 11.3 Å². The van der Waals surface area contributed by atoms with E-state index in [4.69, 9.17) is 0 Å². The van der Waals surface area contributed by atoms with Crippen molar-refractivity contribution < 1.29 is 0 Å². The quantitative estimate of drug-likeness (QED) is 0.778. The van der Waals surface area contributed by atoms with Gasteiger partial charge in [0.15, 0.2) is 0 Å². The Kier molecular flexibility index (Phi) is 3.97. The van der Waals surface area contributed by atoms with Crippen molar-refractivity contribution >= 4 is 11.0 Å². The van der Waals surface area contributed by atoms with Crippen LogP contribution in [0.2, 0.25) is 0 Å². The van der Waals surface area contributed by atoms with Crippen LogP contribution < -0.4 is 0 Å². The molecule has 0 saturated carbocycles. The standard InChI is InChI=1S/C17H20N4/c1-3-21(4-2)11-13-5-7-14(8-6-13)16-9-15-10-18-12-19-17(15)20-16/h5-10,12H,3-4,11H2,1-2H3,(H,18,19,20). The number of fused-ring (bicyclic) bond motifs is 1. The average molecular weight is 280 g/mol. The van der Waals surface area contributed by atoms with Crippen molar-refractivity contribution in [1.82, 2.24) is 19.9 Å². The summed E-state index contributed by atoms with van der Waals surface area (Å²) in [4.78, 5) is 14.0. The molecule has 0 aliphatic rings. The Morgan fingerprint density at radius 3 is 2.52 bits per heavy atom. The Bertz CT molecular complexity index is 678. The number of nitrogens with one attached hydrogen (secondary N) is 1. The van der Waals surface area contributed by atoms with Gasteiger partial charge >= 0.3 is 0 Å². The minimum Gasteiger partial charge on any atom is -0.339 e. The molecule has 0 aliphatic carbocycles. The molecule has 0 fully saturated rings. The van der Waals surface area contributed by atoms with Crippen LogP contribution in [-0.2, 0) is 6.54 Å². The predicted molar refractivity (Wildman–Crippen MR) is 85.9 cm³/mol. The lowest BCUT2D eigenvalue weighted by Crippen LogP contribution is -2.21. The van der Waals surface area contributed by atoms with Gasteiger partial charge in [-0.2, -0.15) is 0 Å². The molecule has 2 heterocycles. The first-order valence-electron chi connectivity index (χ1n) is 7.40. The molecule has 21 heavy (non-hydrogen) atoms. The third-order valence-electron chi connectivity index (χ3n) is 3.86. The maximum absolute atomic E-state index is 4.23. The number of nitrogens with zero attached hydrogens (tertiary/aromatic N) is 3. The fraction of sp³-hybridized carbons (Fsp3) is 0.294. The Morgan fingerprint density at radius 1 is 1.10 bits per heavy atom. The minimum atomic E-state index is 0.882. The second-order valence-corrected chi connectivity index (χ2v) is 5.17. The van der Waals surface area contributed by atoms with Gasteiger partial charge in [-0.25, -0.2) is 9.97 Å². The number of rotatable bonds is 5. The van der Waals surface area contributed by atoms with E-state index >= 15 is 0 Å². The topological polar surface area (TPSA) is 44.8 Å². The highest BCUT2D eigenvalue weighted by molar-refractivity contribution is 5.82. The molecule has 0 aliphatic heterocycles. The number of benzene rings is 1. The molecule has 3 rings (SSSR count). The predicted octanol–water partition coefficient (Wildman–Crippen LogP) is 3.47. The number of aromatic amines is 1. The second-order valence-electron chi connectivity index (χ2n) is 5.17. The summed E-state index contributed by atoms with van der Waals surface area (Å²) in [6, 6.07) is 10.8. The van der Waals surface area contributed by atoms with Crippen molar-refractivity contribution in [3.63, 3.8) is 0 Å². The number of H-pyrrole nitrogens is 1. The lowest BCUT2D eigenvalue weighted by Gasteiger charge is -2.17. The highest BCUT2D eigenvalue weighted by Crippen LogP contribution is 2.23. The monoisotopic (exact) mass is 280 g/mol. The number of hydrogen-bond donors (Lipinski definition) is 1. The maximum Gasteiger partial charge on any atom is 0.141 e. The SMILES string of the molecule is CCN(CC)Cc1ccc(-c2cc3cncnc3[nH]2)cc1. The van der Waals surface area contributed by atoms with Gasteiger partial charge in [0.25, 0.3) is 0 Å². The molecule has 1 aromatic carbocycles. The average Bonchev–Trinajstić information content (AvgIpc) is 2.97. The lowest BCUT2D eigenvalue weighted by atomic mass is 10.1. The molecule has 4 heteroatoms.